The predicted molar refractivity (Wildman–Crippen MR) is 109 cm³/mol. The predicted octanol–water partition coefficient (Wildman–Crippen LogP) is 3.13. The third-order valence-corrected chi connectivity index (χ3v) is 5.26. The van der Waals surface area contributed by atoms with E-state index in [-0.39, 0.29) is 16.9 Å². The third kappa shape index (κ3) is 4.89. The molecule has 0 aromatic heterocycles. The van der Waals surface area contributed by atoms with E-state index in [0.29, 0.717) is 17.3 Å². The molecule has 2 aromatic rings. The Morgan fingerprint density at radius 1 is 1.22 bits per heavy atom. The number of aromatic hydroxyl groups is 1. The van der Waals surface area contributed by atoms with E-state index in [1.54, 1.807) is 18.3 Å². The first-order valence-electron chi connectivity index (χ1n) is 8.62. The Hall–Kier alpha value is -2.80. The van der Waals surface area contributed by atoms with E-state index in [2.05, 4.69) is 46.7 Å². The van der Waals surface area contributed by atoms with Crippen LogP contribution in [0.25, 0.3) is 0 Å². The summed E-state index contributed by atoms with van der Waals surface area (Å²) in [7, 11) is 1.48. The fraction of sp³-hybridized carbons (Fsp3) is 0.250. The number of hydrogen-bond donors (Lipinski definition) is 2. The summed E-state index contributed by atoms with van der Waals surface area (Å²) in [5, 5.41) is 20.7. The van der Waals surface area contributed by atoms with Gasteiger partial charge < -0.3 is 15.2 Å². The van der Waals surface area contributed by atoms with Crippen LogP contribution in [0.5, 0.6) is 11.5 Å². The number of amidine groups is 1. The third-order valence-electron chi connectivity index (χ3n) is 4.19. The highest BCUT2D eigenvalue weighted by Gasteiger charge is 2.30. The summed E-state index contributed by atoms with van der Waals surface area (Å²) in [4.78, 5) is 12.2. The van der Waals surface area contributed by atoms with Crippen LogP contribution in [0.3, 0.4) is 0 Å². The van der Waals surface area contributed by atoms with E-state index in [1.807, 2.05) is 0 Å². The van der Waals surface area contributed by atoms with Crippen molar-refractivity contribution >= 4 is 29.1 Å². The van der Waals surface area contributed by atoms with Gasteiger partial charge in [-0.3, -0.25) is 4.79 Å². The summed E-state index contributed by atoms with van der Waals surface area (Å²) < 4.78 is 5.06. The van der Waals surface area contributed by atoms with Crippen molar-refractivity contribution in [2.24, 2.45) is 10.2 Å². The molecule has 0 bridgehead atoms. The van der Waals surface area contributed by atoms with Crippen molar-refractivity contribution in [1.29, 1.82) is 0 Å². The number of carbonyl (C=O) groups is 1. The smallest absolute Gasteiger partial charge is 0.239 e. The first-order valence-corrected chi connectivity index (χ1v) is 9.50. The number of aryl methyl sites for hydroxylation is 1. The number of amides is 1. The lowest BCUT2D eigenvalue weighted by molar-refractivity contribution is -0.118. The number of carbonyl (C=O) groups excluding carboxylic acids is 1. The molecule has 2 N–H and O–H groups in total. The summed E-state index contributed by atoms with van der Waals surface area (Å²) in [6, 6.07) is 13.2. The highest BCUT2D eigenvalue weighted by Crippen LogP contribution is 2.26. The largest absolute Gasteiger partial charge is 0.504 e. The summed E-state index contributed by atoms with van der Waals surface area (Å²) >= 11 is 1.38. The minimum absolute atomic E-state index is 0.0557. The van der Waals surface area contributed by atoms with Crippen LogP contribution < -0.4 is 10.1 Å². The Bertz CT molecular complexity index is 879. The van der Waals surface area contributed by atoms with Crippen molar-refractivity contribution in [1.82, 2.24) is 5.32 Å². The first kappa shape index (κ1) is 19.0. The van der Waals surface area contributed by atoms with Gasteiger partial charge in [0.05, 0.1) is 18.6 Å². The van der Waals surface area contributed by atoms with Crippen molar-refractivity contribution < 1.29 is 14.6 Å². The molecule has 1 aliphatic rings. The Kier molecular flexibility index (Phi) is 6.13. The number of phenolic OH excluding ortho intramolecular Hbond substituents is 1. The van der Waals surface area contributed by atoms with Gasteiger partial charge in [-0.2, -0.15) is 5.10 Å². The molecule has 1 amide bonds. The van der Waals surface area contributed by atoms with E-state index < -0.39 is 0 Å². The zero-order chi connectivity index (χ0) is 19.2. The normalized spacial score (nSPS) is 18.2. The number of methoxy groups -OCH3 is 1. The van der Waals surface area contributed by atoms with Gasteiger partial charge in [-0.05, 0) is 47.7 Å². The number of hydrogen-bond acceptors (Lipinski definition) is 6. The molecule has 0 unspecified atom stereocenters. The average Bonchev–Trinajstić information content (AvgIpc) is 3.03. The highest BCUT2D eigenvalue weighted by atomic mass is 32.2. The van der Waals surface area contributed by atoms with Crippen molar-refractivity contribution in [2.45, 2.75) is 25.0 Å². The van der Waals surface area contributed by atoms with Gasteiger partial charge in [0.2, 0.25) is 5.91 Å². The maximum Gasteiger partial charge on any atom is 0.239 e. The SMILES string of the molecule is CCc1ccc(C[C@@H]2S/C(=N/N=C\c3ccc(O)c(OC)c3)NC2=O)cc1. The molecule has 1 aliphatic heterocycles. The molecule has 0 aliphatic carbocycles. The molecular weight excluding hydrogens is 362 g/mol. The van der Waals surface area contributed by atoms with Crippen LogP contribution in [0.15, 0.2) is 52.7 Å². The van der Waals surface area contributed by atoms with Gasteiger partial charge >= 0.3 is 0 Å². The molecule has 1 saturated heterocycles. The van der Waals surface area contributed by atoms with Crippen LogP contribution in [0.2, 0.25) is 0 Å². The Morgan fingerprint density at radius 3 is 2.67 bits per heavy atom. The molecule has 0 spiro atoms. The number of benzene rings is 2. The molecule has 6 nitrogen and oxygen atoms in total. The fourth-order valence-electron chi connectivity index (χ4n) is 2.63. The molecule has 7 heteroatoms. The van der Waals surface area contributed by atoms with Crippen LogP contribution in [0, 0.1) is 0 Å². The van der Waals surface area contributed by atoms with Crippen LogP contribution >= 0.6 is 11.8 Å². The van der Waals surface area contributed by atoms with Crippen molar-refractivity contribution in [3.8, 4) is 11.5 Å². The quantitative estimate of drug-likeness (QED) is 0.593. The van der Waals surface area contributed by atoms with Gasteiger partial charge in [-0.15, -0.1) is 5.10 Å². The van der Waals surface area contributed by atoms with E-state index in [0.717, 1.165) is 17.5 Å². The second-order valence-electron chi connectivity index (χ2n) is 6.05. The van der Waals surface area contributed by atoms with Crippen LogP contribution in [0.1, 0.15) is 23.6 Å². The highest BCUT2D eigenvalue weighted by molar-refractivity contribution is 8.15. The topological polar surface area (TPSA) is 83.3 Å². The van der Waals surface area contributed by atoms with Crippen LogP contribution in [-0.2, 0) is 17.6 Å². The number of ether oxygens (including phenoxy) is 1. The van der Waals surface area contributed by atoms with Gasteiger partial charge in [-0.1, -0.05) is 43.0 Å². The lowest BCUT2D eigenvalue weighted by Gasteiger charge is -2.06. The Morgan fingerprint density at radius 2 is 1.96 bits per heavy atom. The minimum Gasteiger partial charge on any atom is -0.504 e. The second-order valence-corrected chi connectivity index (χ2v) is 7.24. The maximum atomic E-state index is 12.2. The first-order chi connectivity index (χ1) is 13.1. The molecule has 0 saturated carbocycles. The van der Waals surface area contributed by atoms with Gasteiger partial charge in [0.15, 0.2) is 16.7 Å². The van der Waals surface area contributed by atoms with Crippen LogP contribution in [0.4, 0.5) is 0 Å². The minimum atomic E-state index is -0.208. The maximum absolute atomic E-state index is 12.2. The van der Waals surface area contributed by atoms with E-state index in [4.69, 9.17) is 4.74 Å². The monoisotopic (exact) mass is 383 g/mol. The summed E-state index contributed by atoms with van der Waals surface area (Å²) in [6.45, 7) is 2.12. The van der Waals surface area contributed by atoms with Crippen LogP contribution in [-0.4, -0.2) is 34.8 Å². The molecule has 0 radical (unpaired) electrons. The fourth-order valence-corrected chi connectivity index (χ4v) is 3.60. The number of thioether (sulfide) groups is 1. The summed E-state index contributed by atoms with van der Waals surface area (Å²) in [5.74, 6) is 0.374. The molecule has 27 heavy (non-hydrogen) atoms. The Labute approximate surface area is 162 Å². The number of rotatable bonds is 6. The lowest BCUT2D eigenvalue weighted by atomic mass is 10.1. The molecule has 2 aromatic carbocycles. The lowest BCUT2D eigenvalue weighted by Crippen LogP contribution is -2.25. The van der Waals surface area contributed by atoms with Gasteiger partial charge in [0, 0.05) is 0 Å². The molecule has 140 valence electrons. The second kappa shape index (κ2) is 8.73. The average molecular weight is 383 g/mol. The molecule has 1 heterocycles. The summed E-state index contributed by atoms with van der Waals surface area (Å²) in [6.07, 6.45) is 3.19. The molecule has 1 fully saturated rings. The zero-order valence-corrected chi connectivity index (χ0v) is 16.0. The van der Waals surface area contributed by atoms with E-state index in [1.165, 1.54) is 30.5 Å². The molecule has 1 atom stereocenters. The summed E-state index contributed by atoms with van der Waals surface area (Å²) in [5.41, 5.74) is 3.14. The molecular formula is C20H21N3O3S. The number of nitrogens with zero attached hydrogens (tertiary/aromatic N) is 2. The van der Waals surface area contributed by atoms with Gasteiger partial charge in [-0.25, -0.2) is 0 Å². The Balaban J connectivity index is 1.62. The number of phenols is 1. The standard InChI is InChI=1S/C20H21N3O3S/c1-3-13-4-6-14(7-5-13)11-18-19(25)22-20(27-18)23-21-12-15-8-9-16(24)17(10-15)26-2/h4-10,12,18,24H,3,11H2,1-2H3,(H,22,23,25)/b21-12-/t18-/m0/s1. The van der Waals surface area contributed by atoms with E-state index in [9.17, 15) is 9.90 Å². The number of nitrogens with one attached hydrogen (secondary N) is 1. The molecule has 3 rings (SSSR count). The van der Waals surface area contributed by atoms with Gasteiger partial charge in [0.25, 0.3) is 0 Å². The van der Waals surface area contributed by atoms with Crippen molar-refractivity contribution in [2.75, 3.05) is 7.11 Å². The van der Waals surface area contributed by atoms with Crippen molar-refractivity contribution in [3.05, 3.63) is 59.2 Å². The van der Waals surface area contributed by atoms with Gasteiger partial charge in [0.1, 0.15) is 0 Å². The van der Waals surface area contributed by atoms with Crippen molar-refractivity contribution in [3.63, 3.8) is 0 Å². The van der Waals surface area contributed by atoms with E-state index >= 15 is 0 Å². The zero-order valence-electron chi connectivity index (χ0n) is 15.2.